The molecule has 0 fully saturated rings. The van der Waals surface area contributed by atoms with E-state index in [1.165, 1.54) is 12.1 Å². The van der Waals surface area contributed by atoms with Crippen molar-refractivity contribution in [1.82, 2.24) is 20.3 Å². The van der Waals surface area contributed by atoms with Crippen molar-refractivity contribution in [3.8, 4) is 0 Å². The number of amides is 1. The van der Waals surface area contributed by atoms with Gasteiger partial charge in [-0.2, -0.15) is 15.4 Å². The summed E-state index contributed by atoms with van der Waals surface area (Å²) >= 11 is 0. The van der Waals surface area contributed by atoms with Gasteiger partial charge in [-0.1, -0.05) is 12.1 Å². The quantitative estimate of drug-likeness (QED) is 0.808. The molecule has 0 aliphatic carbocycles. The largest absolute Gasteiger partial charge is 0.335 e. The lowest BCUT2D eigenvalue weighted by Crippen LogP contribution is -2.29. The Hall–Kier alpha value is -2.76. The Balaban J connectivity index is 1.85. The molecular formula is C16H15FN4O. The number of carbonyl (C=O) groups is 1. The molecule has 3 rings (SSSR count). The van der Waals surface area contributed by atoms with E-state index < -0.39 is 0 Å². The second kappa shape index (κ2) is 5.55. The van der Waals surface area contributed by atoms with Gasteiger partial charge in [-0.25, -0.2) is 4.39 Å². The molecule has 0 spiro atoms. The Labute approximate surface area is 126 Å². The standard InChI is InChI=1S/C16H15FN4O/c1-10(11-3-6-13(17)7-4-11)21(2)16(22)12-5-8-14-15(9-12)19-20-18-14/h3-10H,1-2H3,(H,18,19,20)/t10-/m0/s1. The molecule has 1 amide bonds. The minimum Gasteiger partial charge on any atom is -0.335 e. The first-order valence-corrected chi connectivity index (χ1v) is 6.89. The first-order chi connectivity index (χ1) is 10.6. The van der Waals surface area contributed by atoms with Crippen LogP contribution in [-0.4, -0.2) is 33.3 Å². The van der Waals surface area contributed by atoms with Crippen LogP contribution < -0.4 is 0 Å². The molecule has 1 aromatic heterocycles. The highest BCUT2D eigenvalue weighted by molar-refractivity contribution is 5.97. The summed E-state index contributed by atoms with van der Waals surface area (Å²) in [5, 5.41) is 10.5. The molecule has 1 atom stereocenters. The van der Waals surface area contributed by atoms with Gasteiger partial charge < -0.3 is 4.90 Å². The molecule has 0 aliphatic rings. The zero-order chi connectivity index (χ0) is 15.7. The van der Waals surface area contributed by atoms with Crippen molar-refractivity contribution >= 4 is 16.9 Å². The maximum atomic E-state index is 13.0. The highest BCUT2D eigenvalue weighted by atomic mass is 19.1. The van der Waals surface area contributed by atoms with Gasteiger partial charge in [0.05, 0.1) is 6.04 Å². The number of benzene rings is 2. The number of rotatable bonds is 3. The fraction of sp³-hybridized carbons (Fsp3) is 0.188. The Morgan fingerprint density at radius 3 is 2.55 bits per heavy atom. The van der Waals surface area contributed by atoms with E-state index in [2.05, 4.69) is 15.4 Å². The van der Waals surface area contributed by atoms with Crippen LogP contribution in [0.3, 0.4) is 0 Å². The average molecular weight is 298 g/mol. The zero-order valence-electron chi connectivity index (χ0n) is 12.2. The van der Waals surface area contributed by atoms with Crippen molar-refractivity contribution < 1.29 is 9.18 Å². The number of carbonyl (C=O) groups excluding carboxylic acids is 1. The van der Waals surface area contributed by atoms with E-state index in [1.807, 2.05) is 6.92 Å². The SMILES string of the molecule is C[C@@H](c1ccc(F)cc1)N(C)C(=O)c1ccc2n[nH]nc2c1. The minimum atomic E-state index is -0.290. The molecule has 1 heterocycles. The summed E-state index contributed by atoms with van der Waals surface area (Å²) in [6, 6.07) is 11.2. The van der Waals surface area contributed by atoms with Crippen molar-refractivity contribution in [3.63, 3.8) is 0 Å². The van der Waals surface area contributed by atoms with Gasteiger partial charge in [0, 0.05) is 12.6 Å². The predicted molar refractivity (Wildman–Crippen MR) is 80.8 cm³/mol. The first kappa shape index (κ1) is 14.2. The van der Waals surface area contributed by atoms with Crippen molar-refractivity contribution in [2.75, 3.05) is 7.05 Å². The second-order valence-electron chi connectivity index (χ2n) is 5.17. The maximum Gasteiger partial charge on any atom is 0.254 e. The molecule has 5 nitrogen and oxygen atoms in total. The maximum absolute atomic E-state index is 13.0. The third-order valence-electron chi connectivity index (χ3n) is 3.82. The summed E-state index contributed by atoms with van der Waals surface area (Å²) in [6.45, 7) is 1.90. The number of halogens is 1. The summed E-state index contributed by atoms with van der Waals surface area (Å²) in [7, 11) is 1.73. The van der Waals surface area contributed by atoms with Crippen LogP contribution in [0.1, 0.15) is 28.9 Å². The summed E-state index contributed by atoms with van der Waals surface area (Å²) in [5.41, 5.74) is 2.78. The Morgan fingerprint density at radius 1 is 1.14 bits per heavy atom. The predicted octanol–water partition coefficient (Wildman–Crippen LogP) is 2.93. The summed E-state index contributed by atoms with van der Waals surface area (Å²) in [4.78, 5) is 14.2. The lowest BCUT2D eigenvalue weighted by molar-refractivity contribution is 0.0743. The number of fused-ring (bicyclic) bond motifs is 1. The van der Waals surface area contributed by atoms with Gasteiger partial charge in [-0.3, -0.25) is 4.79 Å². The molecule has 0 saturated carbocycles. The summed E-state index contributed by atoms with van der Waals surface area (Å²) < 4.78 is 13.0. The van der Waals surface area contributed by atoms with Crippen molar-refractivity contribution in [3.05, 3.63) is 59.4 Å². The lowest BCUT2D eigenvalue weighted by Gasteiger charge is -2.25. The Kier molecular flexibility index (Phi) is 3.58. The monoisotopic (exact) mass is 298 g/mol. The number of aromatic nitrogens is 3. The number of aromatic amines is 1. The average Bonchev–Trinajstić information content (AvgIpc) is 3.01. The van der Waals surface area contributed by atoms with Crippen LogP contribution in [0.2, 0.25) is 0 Å². The van der Waals surface area contributed by atoms with Gasteiger partial charge >= 0.3 is 0 Å². The normalized spacial score (nSPS) is 12.3. The molecule has 0 aliphatic heterocycles. The number of nitrogens with one attached hydrogen (secondary N) is 1. The van der Waals surface area contributed by atoms with Crippen LogP contribution in [0, 0.1) is 5.82 Å². The number of H-pyrrole nitrogens is 1. The van der Waals surface area contributed by atoms with Gasteiger partial charge in [-0.05, 0) is 42.8 Å². The molecule has 3 aromatic rings. The molecule has 1 N–H and O–H groups in total. The minimum absolute atomic E-state index is 0.123. The van der Waals surface area contributed by atoms with Gasteiger partial charge in [0.1, 0.15) is 16.9 Å². The molecule has 0 radical (unpaired) electrons. The molecule has 0 bridgehead atoms. The molecule has 22 heavy (non-hydrogen) atoms. The molecule has 112 valence electrons. The summed E-state index contributed by atoms with van der Waals surface area (Å²) in [6.07, 6.45) is 0. The first-order valence-electron chi connectivity index (χ1n) is 6.89. The van der Waals surface area contributed by atoms with Crippen molar-refractivity contribution in [2.24, 2.45) is 0 Å². The van der Waals surface area contributed by atoms with Crippen LogP contribution in [0.15, 0.2) is 42.5 Å². The van der Waals surface area contributed by atoms with E-state index in [9.17, 15) is 9.18 Å². The highest BCUT2D eigenvalue weighted by Gasteiger charge is 2.19. The number of hydrogen-bond donors (Lipinski definition) is 1. The van der Waals surface area contributed by atoms with Crippen LogP contribution in [0.5, 0.6) is 0 Å². The van der Waals surface area contributed by atoms with Crippen LogP contribution >= 0.6 is 0 Å². The lowest BCUT2D eigenvalue weighted by atomic mass is 10.1. The third-order valence-corrected chi connectivity index (χ3v) is 3.82. The van der Waals surface area contributed by atoms with Crippen molar-refractivity contribution in [1.29, 1.82) is 0 Å². The Morgan fingerprint density at radius 2 is 1.82 bits per heavy atom. The van der Waals surface area contributed by atoms with Crippen LogP contribution in [0.4, 0.5) is 4.39 Å². The zero-order valence-corrected chi connectivity index (χ0v) is 12.2. The molecule has 0 unspecified atom stereocenters. The molecule has 2 aromatic carbocycles. The van der Waals surface area contributed by atoms with Gasteiger partial charge in [0.2, 0.25) is 0 Å². The molecule has 6 heteroatoms. The van der Waals surface area contributed by atoms with Gasteiger partial charge in [0.15, 0.2) is 0 Å². The van der Waals surface area contributed by atoms with E-state index in [1.54, 1.807) is 42.3 Å². The second-order valence-corrected chi connectivity index (χ2v) is 5.17. The molecular weight excluding hydrogens is 283 g/mol. The number of hydrogen-bond acceptors (Lipinski definition) is 3. The van der Waals surface area contributed by atoms with Gasteiger partial charge in [-0.15, -0.1) is 0 Å². The Bertz CT molecular complexity index is 812. The van der Waals surface area contributed by atoms with Crippen molar-refractivity contribution in [2.45, 2.75) is 13.0 Å². The smallest absolute Gasteiger partial charge is 0.254 e. The van der Waals surface area contributed by atoms with E-state index in [0.29, 0.717) is 16.6 Å². The summed E-state index contributed by atoms with van der Waals surface area (Å²) in [5.74, 6) is -0.414. The van der Waals surface area contributed by atoms with Gasteiger partial charge in [0.25, 0.3) is 5.91 Å². The third kappa shape index (κ3) is 2.55. The fourth-order valence-corrected chi connectivity index (χ4v) is 2.32. The van der Waals surface area contributed by atoms with E-state index in [4.69, 9.17) is 0 Å². The topological polar surface area (TPSA) is 61.9 Å². The van der Waals surface area contributed by atoms with E-state index in [-0.39, 0.29) is 17.8 Å². The number of nitrogens with zero attached hydrogens (tertiary/aromatic N) is 3. The highest BCUT2D eigenvalue weighted by Crippen LogP contribution is 2.22. The fourth-order valence-electron chi connectivity index (χ4n) is 2.32. The van der Waals surface area contributed by atoms with Crippen LogP contribution in [-0.2, 0) is 0 Å². The molecule has 0 saturated heterocycles. The van der Waals surface area contributed by atoms with E-state index >= 15 is 0 Å². The van der Waals surface area contributed by atoms with E-state index in [0.717, 1.165) is 5.56 Å². The van der Waals surface area contributed by atoms with Crippen LogP contribution in [0.25, 0.3) is 11.0 Å².